The number of thiophene rings is 1. The number of ether oxygens (including phenoxy) is 2. The van der Waals surface area contributed by atoms with Gasteiger partial charge in [-0.15, -0.1) is 11.3 Å². The molecule has 0 radical (unpaired) electrons. The lowest BCUT2D eigenvalue weighted by molar-refractivity contribution is 0.0336. The summed E-state index contributed by atoms with van der Waals surface area (Å²) in [4.78, 5) is 15.7. The number of phenols is 1. The molecule has 1 saturated heterocycles. The summed E-state index contributed by atoms with van der Waals surface area (Å²) in [5.74, 6) is 0.808. The van der Waals surface area contributed by atoms with Crippen molar-refractivity contribution in [3.63, 3.8) is 0 Å². The van der Waals surface area contributed by atoms with Gasteiger partial charge in [-0.3, -0.25) is 9.69 Å². The second kappa shape index (κ2) is 6.39. The number of rotatable bonds is 3. The molecule has 0 saturated carbocycles. The van der Waals surface area contributed by atoms with Gasteiger partial charge in [-0.1, -0.05) is 6.07 Å². The first-order chi connectivity index (χ1) is 11.7. The second-order valence-corrected chi connectivity index (χ2v) is 6.76. The molecule has 124 valence electrons. The third kappa shape index (κ3) is 2.84. The molecule has 1 fully saturated rings. The zero-order valence-electron chi connectivity index (χ0n) is 13.0. The number of hydrogen-bond acceptors (Lipinski definition) is 6. The number of allylic oxidation sites excluding steroid dienone is 1. The SMILES string of the molecule is O=C1/C(=C/c2cccs2)Oc2c1ccc(O)c2CN1CCOCC1. The van der Waals surface area contributed by atoms with Crippen molar-refractivity contribution in [2.75, 3.05) is 26.3 Å². The minimum absolute atomic E-state index is 0.137. The van der Waals surface area contributed by atoms with Gasteiger partial charge in [-0.05, 0) is 23.6 Å². The molecular weight excluding hydrogens is 326 g/mol. The van der Waals surface area contributed by atoms with Crippen LogP contribution in [0.3, 0.4) is 0 Å². The molecule has 2 aromatic rings. The average molecular weight is 343 g/mol. The predicted octanol–water partition coefficient (Wildman–Crippen LogP) is 2.90. The Bertz CT molecular complexity index is 792. The van der Waals surface area contributed by atoms with Crippen molar-refractivity contribution in [3.8, 4) is 11.5 Å². The minimum Gasteiger partial charge on any atom is -0.507 e. The van der Waals surface area contributed by atoms with Crippen molar-refractivity contribution in [2.24, 2.45) is 0 Å². The lowest BCUT2D eigenvalue weighted by Gasteiger charge is -2.27. The highest BCUT2D eigenvalue weighted by Gasteiger charge is 2.31. The third-order valence-electron chi connectivity index (χ3n) is 4.22. The highest BCUT2D eigenvalue weighted by atomic mass is 32.1. The molecule has 0 amide bonds. The van der Waals surface area contributed by atoms with E-state index in [1.54, 1.807) is 29.5 Å². The van der Waals surface area contributed by atoms with E-state index in [4.69, 9.17) is 9.47 Å². The van der Waals surface area contributed by atoms with Gasteiger partial charge in [0.2, 0.25) is 5.78 Å². The van der Waals surface area contributed by atoms with Crippen molar-refractivity contribution in [1.82, 2.24) is 4.90 Å². The number of hydrogen-bond donors (Lipinski definition) is 1. The van der Waals surface area contributed by atoms with Crippen LogP contribution in [0.4, 0.5) is 0 Å². The van der Waals surface area contributed by atoms with Crippen LogP contribution >= 0.6 is 11.3 Å². The summed E-state index contributed by atoms with van der Waals surface area (Å²) in [5, 5.41) is 12.2. The molecule has 5 nitrogen and oxygen atoms in total. The van der Waals surface area contributed by atoms with Crippen molar-refractivity contribution in [2.45, 2.75) is 6.54 Å². The van der Waals surface area contributed by atoms with Crippen LogP contribution in [0.5, 0.6) is 11.5 Å². The van der Waals surface area contributed by atoms with Crippen LogP contribution in [-0.4, -0.2) is 42.1 Å². The predicted molar refractivity (Wildman–Crippen MR) is 91.5 cm³/mol. The number of benzene rings is 1. The van der Waals surface area contributed by atoms with E-state index in [9.17, 15) is 9.90 Å². The van der Waals surface area contributed by atoms with Crippen LogP contribution in [0.25, 0.3) is 6.08 Å². The maximum atomic E-state index is 12.6. The fourth-order valence-electron chi connectivity index (χ4n) is 2.94. The number of carbonyl (C=O) groups is 1. The Balaban J connectivity index is 1.66. The van der Waals surface area contributed by atoms with Crippen LogP contribution in [0.15, 0.2) is 35.4 Å². The first kappa shape index (κ1) is 15.4. The van der Waals surface area contributed by atoms with E-state index in [1.807, 2.05) is 17.5 Å². The van der Waals surface area contributed by atoms with Gasteiger partial charge in [0, 0.05) is 30.6 Å². The topological polar surface area (TPSA) is 59.0 Å². The third-order valence-corrected chi connectivity index (χ3v) is 5.04. The standard InChI is InChI=1S/C18H17NO4S/c20-15-4-3-13-17(21)16(10-12-2-1-9-24-12)23-18(13)14(15)11-19-5-7-22-8-6-19/h1-4,9-10,20H,5-8,11H2/b16-10-. The normalized spacial score (nSPS) is 19.5. The van der Waals surface area contributed by atoms with Gasteiger partial charge in [-0.2, -0.15) is 0 Å². The van der Waals surface area contributed by atoms with E-state index in [-0.39, 0.29) is 11.5 Å². The van der Waals surface area contributed by atoms with Gasteiger partial charge in [0.05, 0.1) is 24.3 Å². The summed E-state index contributed by atoms with van der Waals surface area (Å²) in [6.45, 7) is 3.50. The molecule has 2 aliphatic heterocycles. The Kier molecular flexibility index (Phi) is 4.10. The van der Waals surface area contributed by atoms with E-state index in [0.29, 0.717) is 42.4 Å². The first-order valence-corrected chi connectivity index (χ1v) is 8.73. The molecule has 0 aliphatic carbocycles. The Morgan fingerprint density at radius 3 is 2.83 bits per heavy atom. The molecule has 24 heavy (non-hydrogen) atoms. The number of Topliss-reactive ketones (excluding diaryl/α,β-unsaturated/α-hetero) is 1. The molecule has 6 heteroatoms. The number of nitrogens with zero attached hydrogens (tertiary/aromatic N) is 1. The zero-order valence-corrected chi connectivity index (χ0v) is 13.8. The summed E-state index contributed by atoms with van der Waals surface area (Å²) in [6.07, 6.45) is 1.75. The van der Waals surface area contributed by atoms with Gasteiger partial charge in [0.15, 0.2) is 5.76 Å². The van der Waals surface area contributed by atoms with Crippen molar-refractivity contribution >= 4 is 23.2 Å². The number of phenolic OH excluding ortho intramolecular Hbond substituents is 1. The molecule has 0 unspecified atom stereocenters. The molecule has 0 bridgehead atoms. The lowest BCUT2D eigenvalue weighted by atomic mass is 10.0. The summed E-state index contributed by atoms with van der Waals surface area (Å²) in [5.41, 5.74) is 1.18. The van der Waals surface area contributed by atoms with Gasteiger partial charge in [-0.25, -0.2) is 0 Å². The van der Waals surface area contributed by atoms with Crippen LogP contribution in [0.1, 0.15) is 20.8 Å². The molecule has 4 rings (SSSR count). The lowest BCUT2D eigenvalue weighted by Crippen LogP contribution is -2.35. The Morgan fingerprint density at radius 2 is 2.08 bits per heavy atom. The van der Waals surface area contributed by atoms with E-state index in [0.717, 1.165) is 18.0 Å². The van der Waals surface area contributed by atoms with Crippen LogP contribution in [-0.2, 0) is 11.3 Å². The van der Waals surface area contributed by atoms with Gasteiger partial charge >= 0.3 is 0 Å². The minimum atomic E-state index is -0.137. The maximum Gasteiger partial charge on any atom is 0.232 e. The summed E-state index contributed by atoms with van der Waals surface area (Å²) < 4.78 is 11.2. The summed E-state index contributed by atoms with van der Waals surface area (Å²) in [6, 6.07) is 7.07. The van der Waals surface area contributed by atoms with Crippen LogP contribution in [0, 0.1) is 0 Å². The molecule has 0 spiro atoms. The smallest absolute Gasteiger partial charge is 0.232 e. The Labute approximate surface area is 143 Å². The Morgan fingerprint density at radius 1 is 1.25 bits per heavy atom. The maximum absolute atomic E-state index is 12.6. The number of carbonyl (C=O) groups excluding carboxylic acids is 1. The highest BCUT2D eigenvalue weighted by Crippen LogP contribution is 2.40. The molecule has 1 aromatic heterocycles. The number of fused-ring (bicyclic) bond motifs is 1. The van der Waals surface area contributed by atoms with Crippen LogP contribution < -0.4 is 4.74 Å². The summed E-state index contributed by atoms with van der Waals surface area (Å²) >= 11 is 1.55. The van der Waals surface area contributed by atoms with Gasteiger partial charge < -0.3 is 14.6 Å². The zero-order chi connectivity index (χ0) is 16.5. The van der Waals surface area contributed by atoms with Crippen molar-refractivity contribution in [3.05, 3.63) is 51.4 Å². The van der Waals surface area contributed by atoms with Crippen molar-refractivity contribution < 1.29 is 19.4 Å². The second-order valence-electron chi connectivity index (χ2n) is 5.78. The molecule has 2 aliphatic rings. The Hall–Kier alpha value is -2.15. The largest absolute Gasteiger partial charge is 0.507 e. The van der Waals surface area contributed by atoms with Crippen LogP contribution in [0.2, 0.25) is 0 Å². The van der Waals surface area contributed by atoms with E-state index < -0.39 is 0 Å². The van der Waals surface area contributed by atoms with Crippen molar-refractivity contribution in [1.29, 1.82) is 0 Å². The molecular formula is C18H17NO4S. The fraction of sp³-hybridized carbons (Fsp3) is 0.278. The average Bonchev–Trinajstić information content (AvgIpc) is 3.21. The van der Waals surface area contributed by atoms with Gasteiger partial charge in [0.25, 0.3) is 0 Å². The van der Waals surface area contributed by atoms with E-state index >= 15 is 0 Å². The quantitative estimate of drug-likeness (QED) is 0.869. The number of aromatic hydroxyl groups is 1. The molecule has 0 atom stereocenters. The van der Waals surface area contributed by atoms with E-state index in [1.165, 1.54) is 0 Å². The monoisotopic (exact) mass is 343 g/mol. The fourth-order valence-corrected chi connectivity index (χ4v) is 3.58. The molecule has 1 N–H and O–H groups in total. The molecule has 1 aromatic carbocycles. The molecule has 3 heterocycles. The first-order valence-electron chi connectivity index (χ1n) is 7.85. The number of ketones is 1. The summed E-state index contributed by atoms with van der Waals surface area (Å²) in [7, 11) is 0. The number of morpholine rings is 1. The highest BCUT2D eigenvalue weighted by molar-refractivity contribution is 7.10. The van der Waals surface area contributed by atoms with Gasteiger partial charge in [0.1, 0.15) is 11.5 Å². The van der Waals surface area contributed by atoms with E-state index in [2.05, 4.69) is 4.90 Å².